The number of hydrogen-bond donors (Lipinski definition) is 1. The molecular formula is C24H24N2O4S. The van der Waals surface area contributed by atoms with Crippen molar-refractivity contribution in [2.75, 3.05) is 18.5 Å². The summed E-state index contributed by atoms with van der Waals surface area (Å²) in [5, 5.41) is 2.83. The number of nitrogens with zero attached hydrogens (tertiary/aromatic N) is 1. The van der Waals surface area contributed by atoms with Gasteiger partial charge in [0.25, 0.3) is 5.91 Å². The lowest BCUT2D eigenvalue weighted by Crippen LogP contribution is -2.36. The molecule has 3 aromatic carbocycles. The summed E-state index contributed by atoms with van der Waals surface area (Å²) in [6, 6.07) is 21.6. The maximum atomic E-state index is 12.9. The van der Waals surface area contributed by atoms with Gasteiger partial charge < -0.3 is 10.1 Å². The summed E-state index contributed by atoms with van der Waals surface area (Å²) in [5.41, 5.74) is 3.66. The Kier molecular flexibility index (Phi) is 6.06. The van der Waals surface area contributed by atoms with Crippen LogP contribution in [0.15, 0.2) is 77.7 Å². The van der Waals surface area contributed by atoms with Crippen LogP contribution in [0.5, 0.6) is 5.75 Å². The van der Waals surface area contributed by atoms with Crippen LogP contribution in [0.1, 0.15) is 16.7 Å². The number of rotatable bonds is 6. The highest BCUT2D eigenvalue weighted by atomic mass is 32.2. The summed E-state index contributed by atoms with van der Waals surface area (Å²) in [4.78, 5) is 12.6. The molecular weight excluding hydrogens is 412 g/mol. The van der Waals surface area contributed by atoms with E-state index in [9.17, 15) is 13.2 Å². The lowest BCUT2D eigenvalue weighted by molar-refractivity contribution is -0.118. The zero-order chi connectivity index (χ0) is 21.8. The normalized spacial score (nSPS) is 14.0. The number of amides is 1. The summed E-state index contributed by atoms with van der Waals surface area (Å²) >= 11 is 0. The Bertz CT molecular complexity index is 1190. The second kappa shape index (κ2) is 8.91. The van der Waals surface area contributed by atoms with Gasteiger partial charge in [-0.3, -0.25) is 4.79 Å². The number of fused-ring (bicyclic) bond motifs is 1. The molecule has 3 aromatic rings. The van der Waals surface area contributed by atoms with Gasteiger partial charge in [-0.1, -0.05) is 36.4 Å². The highest BCUT2D eigenvalue weighted by Crippen LogP contribution is 2.27. The van der Waals surface area contributed by atoms with Crippen LogP contribution in [0.3, 0.4) is 0 Å². The second-order valence-corrected chi connectivity index (χ2v) is 9.48. The fraction of sp³-hybridized carbons (Fsp3) is 0.208. The zero-order valence-electron chi connectivity index (χ0n) is 17.2. The largest absolute Gasteiger partial charge is 0.484 e. The van der Waals surface area contributed by atoms with E-state index in [0.29, 0.717) is 24.4 Å². The van der Waals surface area contributed by atoms with Gasteiger partial charge in [-0.15, -0.1) is 0 Å². The van der Waals surface area contributed by atoms with E-state index in [1.807, 2.05) is 43.3 Å². The van der Waals surface area contributed by atoms with E-state index in [1.165, 1.54) is 4.31 Å². The molecule has 1 aliphatic heterocycles. The number of nitrogens with one attached hydrogen (secondary N) is 1. The molecule has 160 valence electrons. The molecule has 1 aliphatic rings. The Morgan fingerprint density at radius 3 is 2.58 bits per heavy atom. The fourth-order valence-corrected chi connectivity index (χ4v) is 5.05. The lowest BCUT2D eigenvalue weighted by atomic mass is 10.0. The van der Waals surface area contributed by atoms with Gasteiger partial charge in [0.15, 0.2) is 6.61 Å². The van der Waals surface area contributed by atoms with Crippen molar-refractivity contribution in [2.45, 2.75) is 24.8 Å². The Hall–Kier alpha value is -3.16. The molecule has 7 heteroatoms. The third kappa shape index (κ3) is 4.95. The van der Waals surface area contributed by atoms with E-state index in [-0.39, 0.29) is 24.0 Å². The monoisotopic (exact) mass is 436 g/mol. The lowest BCUT2D eigenvalue weighted by Gasteiger charge is -2.28. The van der Waals surface area contributed by atoms with Crippen LogP contribution in [0.25, 0.3) is 0 Å². The van der Waals surface area contributed by atoms with Gasteiger partial charge >= 0.3 is 0 Å². The van der Waals surface area contributed by atoms with Crippen LogP contribution < -0.4 is 10.1 Å². The Labute approximate surface area is 182 Å². The van der Waals surface area contributed by atoms with Crippen molar-refractivity contribution in [1.29, 1.82) is 0 Å². The third-order valence-electron chi connectivity index (χ3n) is 5.21. The van der Waals surface area contributed by atoms with Crippen LogP contribution >= 0.6 is 0 Å². The molecule has 4 rings (SSSR count). The van der Waals surface area contributed by atoms with Crippen LogP contribution in [-0.2, 0) is 27.8 Å². The SMILES string of the molecule is Cc1cccc(OCC(=O)Nc2ccc3c(c2)CN(S(=O)(=O)c2ccccc2)CC3)c1. The minimum Gasteiger partial charge on any atom is -0.484 e. The van der Waals surface area contributed by atoms with Crippen molar-refractivity contribution in [3.05, 3.63) is 89.5 Å². The van der Waals surface area contributed by atoms with Crippen molar-refractivity contribution in [2.24, 2.45) is 0 Å². The molecule has 1 heterocycles. The van der Waals surface area contributed by atoms with Crippen molar-refractivity contribution < 1.29 is 17.9 Å². The number of carbonyl (C=O) groups is 1. The Morgan fingerprint density at radius 1 is 1.00 bits per heavy atom. The Balaban J connectivity index is 1.43. The van der Waals surface area contributed by atoms with Gasteiger partial charge in [-0.2, -0.15) is 4.31 Å². The fourth-order valence-electron chi connectivity index (χ4n) is 3.61. The molecule has 0 fully saturated rings. The van der Waals surface area contributed by atoms with Crippen LogP contribution in [0, 0.1) is 6.92 Å². The van der Waals surface area contributed by atoms with E-state index in [2.05, 4.69) is 5.32 Å². The van der Waals surface area contributed by atoms with Crippen molar-refractivity contribution in [1.82, 2.24) is 4.31 Å². The molecule has 0 atom stereocenters. The quantitative estimate of drug-likeness (QED) is 0.638. The average Bonchev–Trinajstić information content (AvgIpc) is 2.78. The topological polar surface area (TPSA) is 75.7 Å². The molecule has 0 bridgehead atoms. The van der Waals surface area contributed by atoms with Crippen molar-refractivity contribution in [3.8, 4) is 5.75 Å². The number of benzene rings is 3. The minimum atomic E-state index is -3.56. The number of hydrogen-bond acceptors (Lipinski definition) is 4. The molecule has 1 N–H and O–H groups in total. The van der Waals surface area contributed by atoms with Gasteiger partial charge in [-0.05, 0) is 66.4 Å². The summed E-state index contributed by atoms with van der Waals surface area (Å²) < 4.78 is 32.9. The summed E-state index contributed by atoms with van der Waals surface area (Å²) in [7, 11) is -3.56. The van der Waals surface area contributed by atoms with E-state index in [1.54, 1.807) is 36.4 Å². The van der Waals surface area contributed by atoms with Gasteiger partial charge in [0.1, 0.15) is 5.75 Å². The van der Waals surface area contributed by atoms with Crippen LogP contribution in [0.2, 0.25) is 0 Å². The molecule has 1 amide bonds. The van der Waals surface area contributed by atoms with E-state index < -0.39 is 10.0 Å². The van der Waals surface area contributed by atoms with E-state index in [0.717, 1.165) is 16.7 Å². The zero-order valence-corrected chi connectivity index (χ0v) is 18.1. The number of ether oxygens (including phenoxy) is 1. The smallest absolute Gasteiger partial charge is 0.262 e. The maximum absolute atomic E-state index is 12.9. The first-order valence-corrected chi connectivity index (χ1v) is 11.5. The van der Waals surface area contributed by atoms with Gasteiger partial charge in [0, 0.05) is 18.8 Å². The molecule has 0 spiro atoms. The number of aryl methyl sites for hydroxylation is 1. The minimum absolute atomic E-state index is 0.102. The molecule has 0 unspecified atom stereocenters. The predicted molar refractivity (Wildman–Crippen MR) is 119 cm³/mol. The molecule has 0 saturated heterocycles. The number of anilines is 1. The third-order valence-corrected chi connectivity index (χ3v) is 7.07. The molecule has 0 aliphatic carbocycles. The second-order valence-electron chi connectivity index (χ2n) is 7.54. The van der Waals surface area contributed by atoms with E-state index >= 15 is 0 Å². The molecule has 0 aromatic heterocycles. The average molecular weight is 437 g/mol. The molecule has 31 heavy (non-hydrogen) atoms. The Morgan fingerprint density at radius 2 is 1.81 bits per heavy atom. The summed E-state index contributed by atoms with van der Waals surface area (Å²) in [5.74, 6) is 0.369. The number of carbonyl (C=O) groups excluding carboxylic acids is 1. The number of sulfonamides is 1. The van der Waals surface area contributed by atoms with E-state index in [4.69, 9.17) is 4.74 Å². The standard InChI is InChI=1S/C24H24N2O4S/c1-18-6-5-7-22(14-18)30-17-24(27)25-21-11-10-19-12-13-26(16-20(19)15-21)31(28,29)23-8-3-2-4-9-23/h2-11,14-15H,12-13,16-17H2,1H3,(H,25,27). The van der Waals surface area contributed by atoms with Crippen molar-refractivity contribution in [3.63, 3.8) is 0 Å². The molecule has 6 nitrogen and oxygen atoms in total. The van der Waals surface area contributed by atoms with Gasteiger partial charge in [0.05, 0.1) is 4.90 Å². The first-order chi connectivity index (χ1) is 14.9. The first kappa shape index (κ1) is 21.1. The van der Waals surface area contributed by atoms with Gasteiger partial charge in [-0.25, -0.2) is 8.42 Å². The highest BCUT2D eigenvalue weighted by molar-refractivity contribution is 7.89. The van der Waals surface area contributed by atoms with Crippen LogP contribution in [-0.4, -0.2) is 31.8 Å². The maximum Gasteiger partial charge on any atom is 0.262 e. The highest BCUT2D eigenvalue weighted by Gasteiger charge is 2.28. The summed E-state index contributed by atoms with van der Waals surface area (Å²) in [6.45, 7) is 2.56. The molecule has 0 radical (unpaired) electrons. The van der Waals surface area contributed by atoms with Crippen LogP contribution in [0.4, 0.5) is 5.69 Å². The first-order valence-electron chi connectivity index (χ1n) is 10.1. The predicted octanol–water partition coefficient (Wildman–Crippen LogP) is 3.76. The summed E-state index contributed by atoms with van der Waals surface area (Å²) in [6.07, 6.45) is 0.631. The van der Waals surface area contributed by atoms with Gasteiger partial charge in [0.2, 0.25) is 10.0 Å². The van der Waals surface area contributed by atoms with Crippen molar-refractivity contribution >= 4 is 21.6 Å². The molecule has 0 saturated carbocycles.